The van der Waals surface area contributed by atoms with Gasteiger partial charge < -0.3 is 20.8 Å². The normalized spacial score (nSPS) is 16.3. The molecule has 5 rings (SSSR count). The number of H-pyrrole nitrogens is 1. The summed E-state index contributed by atoms with van der Waals surface area (Å²) >= 11 is 0. The van der Waals surface area contributed by atoms with Gasteiger partial charge in [0.2, 0.25) is 11.8 Å². The molecule has 0 amide bonds. The van der Waals surface area contributed by atoms with Crippen LogP contribution in [0, 0.1) is 5.92 Å². The van der Waals surface area contributed by atoms with Gasteiger partial charge in [0.25, 0.3) is 5.56 Å². The number of anilines is 2. The number of rotatable bonds is 8. The number of nitrogens with two attached hydrogens (primary N) is 1. The van der Waals surface area contributed by atoms with Crippen molar-refractivity contribution in [2.75, 3.05) is 30.7 Å². The van der Waals surface area contributed by atoms with Gasteiger partial charge in [-0.3, -0.25) is 9.69 Å². The van der Waals surface area contributed by atoms with E-state index in [-0.39, 0.29) is 17.6 Å². The van der Waals surface area contributed by atoms with Crippen LogP contribution in [0.2, 0.25) is 0 Å². The number of fused-ring (bicyclic) bond motifs is 1. The lowest BCUT2D eigenvalue weighted by Gasteiger charge is -2.36. The fourth-order valence-electron chi connectivity index (χ4n) is 5.03. The molecule has 2 aromatic heterocycles. The van der Waals surface area contributed by atoms with Crippen molar-refractivity contribution in [3.05, 3.63) is 64.4 Å². The molecule has 1 saturated heterocycles. The Morgan fingerprint density at radius 3 is 2.63 bits per heavy atom. The summed E-state index contributed by atoms with van der Waals surface area (Å²) in [6.45, 7) is 7.03. The minimum Gasteiger partial charge on any atom is -0.436 e. The van der Waals surface area contributed by atoms with Gasteiger partial charge >= 0.3 is 6.18 Å². The number of aromatic nitrogens is 4. The molecule has 1 aliphatic rings. The summed E-state index contributed by atoms with van der Waals surface area (Å²) in [6.07, 6.45) is -1.10. The van der Waals surface area contributed by atoms with Crippen LogP contribution in [0.5, 0.6) is 11.6 Å². The first-order valence-electron chi connectivity index (χ1n) is 13.6. The number of hydrogen-bond donors (Lipinski definition) is 3. The monoisotopic (exact) mass is 567 g/mol. The molecule has 0 bridgehead atoms. The molecule has 216 valence electrons. The van der Waals surface area contributed by atoms with E-state index in [9.17, 15) is 18.0 Å². The molecule has 12 heteroatoms. The van der Waals surface area contributed by atoms with Gasteiger partial charge in [0.1, 0.15) is 5.52 Å². The summed E-state index contributed by atoms with van der Waals surface area (Å²) in [5, 5.41) is 3.34. The Labute approximate surface area is 235 Å². The maximum Gasteiger partial charge on any atom is 0.416 e. The molecule has 3 heterocycles. The van der Waals surface area contributed by atoms with E-state index >= 15 is 0 Å². The van der Waals surface area contributed by atoms with E-state index in [1.807, 2.05) is 0 Å². The molecule has 41 heavy (non-hydrogen) atoms. The molecule has 1 fully saturated rings. The number of nitrogens with zero attached hydrogens (tertiary/aromatic N) is 4. The van der Waals surface area contributed by atoms with E-state index in [2.05, 4.69) is 44.0 Å². The molecule has 9 nitrogen and oxygen atoms in total. The van der Waals surface area contributed by atoms with Gasteiger partial charge in [0, 0.05) is 30.8 Å². The van der Waals surface area contributed by atoms with Crippen molar-refractivity contribution in [1.29, 1.82) is 0 Å². The summed E-state index contributed by atoms with van der Waals surface area (Å²) in [5.41, 5.74) is 6.09. The fourth-order valence-corrected chi connectivity index (χ4v) is 5.03. The zero-order chi connectivity index (χ0) is 29.1. The van der Waals surface area contributed by atoms with Crippen LogP contribution >= 0.6 is 0 Å². The van der Waals surface area contributed by atoms with Crippen LogP contribution in [-0.4, -0.2) is 50.5 Å². The maximum absolute atomic E-state index is 13.2. The van der Waals surface area contributed by atoms with Crippen LogP contribution in [0.4, 0.5) is 24.9 Å². The number of likely N-dealkylation sites (tertiary alicyclic amines) is 1. The van der Waals surface area contributed by atoms with Gasteiger partial charge in [-0.2, -0.15) is 18.2 Å². The lowest BCUT2D eigenvalue weighted by atomic mass is 10.0. The van der Waals surface area contributed by atoms with Crippen LogP contribution in [-0.2, 0) is 6.18 Å². The van der Waals surface area contributed by atoms with E-state index in [4.69, 9.17) is 10.5 Å². The van der Waals surface area contributed by atoms with Gasteiger partial charge in [-0.25, -0.2) is 9.97 Å². The average Bonchev–Trinajstić information content (AvgIpc) is 2.93. The Bertz CT molecular complexity index is 1570. The number of hydrogen-bond acceptors (Lipinski definition) is 8. The first kappa shape index (κ1) is 28.3. The van der Waals surface area contributed by atoms with Gasteiger partial charge in [0.15, 0.2) is 11.6 Å². The SMILES string of the molecule is CC(C)CN1CCCC[C@@H]1CNc1nc(Oc2cccc3[nH]c(=O)c(N)nc23)cc(-c2ccc(C(F)(F)F)cc2)n1. The van der Waals surface area contributed by atoms with Gasteiger partial charge in [0.05, 0.1) is 16.8 Å². The molecule has 0 spiro atoms. The lowest BCUT2D eigenvalue weighted by Crippen LogP contribution is -2.45. The Balaban J connectivity index is 1.48. The Morgan fingerprint density at radius 1 is 1.12 bits per heavy atom. The molecule has 1 aliphatic heterocycles. The predicted octanol–water partition coefficient (Wildman–Crippen LogP) is 5.70. The number of nitrogen functional groups attached to an aromatic ring is 1. The highest BCUT2D eigenvalue weighted by molar-refractivity contribution is 5.82. The van der Waals surface area contributed by atoms with E-state index < -0.39 is 17.3 Å². The zero-order valence-electron chi connectivity index (χ0n) is 22.8. The smallest absolute Gasteiger partial charge is 0.416 e. The number of benzene rings is 2. The van der Waals surface area contributed by atoms with Gasteiger partial charge in [-0.1, -0.05) is 38.5 Å². The highest BCUT2D eigenvalue weighted by Crippen LogP contribution is 2.33. The van der Waals surface area contributed by atoms with E-state index in [0.717, 1.165) is 44.5 Å². The second-order valence-electron chi connectivity index (χ2n) is 10.6. The summed E-state index contributed by atoms with van der Waals surface area (Å²) < 4.78 is 45.6. The highest BCUT2D eigenvalue weighted by atomic mass is 19.4. The topological polar surface area (TPSA) is 122 Å². The third-order valence-electron chi connectivity index (χ3n) is 6.98. The third-order valence-corrected chi connectivity index (χ3v) is 6.98. The van der Waals surface area contributed by atoms with Crippen LogP contribution in [0.1, 0.15) is 38.7 Å². The third kappa shape index (κ3) is 6.76. The van der Waals surface area contributed by atoms with Crippen LogP contribution in [0.3, 0.4) is 0 Å². The molecule has 4 N–H and O–H groups in total. The van der Waals surface area contributed by atoms with Crippen molar-refractivity contribution in [3.63, 3.8) is 0 Å². The molecule has 0 saturated carbocycles. The number of para-hydroxylation sites is 1. The van der Waals surface area contributed by atoms with Gasteiger partial charge in [-0.15, -0.1) is 0 Å². The second kappa shape index (κ2) is 11.7. The quantitative estimate of drug-likeness (QED) is 0.248. The number of nitrogens with one attached hydrogen (secondary N) is 2. The van der Waals surface area contributed by atoms with Crippen molar-refractivity contribution in [3.8, 4) is 22.9 Å². The molecular formula is C29H32F3N7O2. The van der Waals surface area contributed by atoms with Crippen LogP contribution in [0.15, 0.2) is 53.3 Å². The number of piperidine rings is 1. The van der Waals surface area contributed by atoms with Crippen molar-refractivity contribution in [2.24, 2.45) is 5.92 Å². The van der Waals surface area contributed by atoms with Crippen molar-refractivity contribution in [2.45, 2.75) is 45.3 Å². The predicted molar refractivity (Wildman–Crippen MR) is 152 cm³/mol. The van der Waals surface area contributed by atoms with Crippen molar-refractivity contribution in [1.82, 2.24) is 24.8 Å². The first-order chi connectivity index (χ1) is 19.6. The minimum absolute atomic E-state index is 0.152. The standard InChI is InChI=1S/C29H32F3N7O2/c1-17(2)16-39-13-4-3-6-20(39)15-34-28-36-22(18-9-11-19(12-10-18)29(30,31)32)14-24(37-28)41-23-8-5-7-21-25(23)38-26(33)27(40)35-21/h5,7-12,14,17,20H,3-4,6,13,15-16H2,1-2H3,(H2,33,38)(H,35,40)(H,34,36,37)/t20-/m1/s1. The largest absolute Gasteiger partial charge is 0.436 e. The Kier molecular flexibility index (Phi) is 8.11. The van der Waals surface area contributed by atoms with E-state index in [0.29, 0.717) is 46.5 Å². The summed E-state index contributed by atoms with van der Waals surface area (Å²) in [7, 11) is 0. The Morgan fingerprint density at radius 2 is 1.90 bits per heavy atom. The molecule has 2 aromatic carbocycles. The zero-order valence-corrected chi connectivity index (χ0v) is 22.8. The molecule has 0 aliphatic carbocycles. The molecule has 4 aromatic rings. The van der Waals surface area contributed by atoms with Gasteiger partial charge in [-0.05, 0) is 49.6 Å². The number of alkyl halides is 3. The number of halogens is 3. The van der Waals surface area contributed by atoms with Crippen LogP contribution in [0.25, 0.3) is 22.3 Å². The lowest BCUT2D eigenvalue weighted by molar-refractivity contribution is -0.137. The summed E-state index contributed by atoms with van der Waals surface area (Å²) in [4.78, 5) is 30.4. The molecule has 0 radical (unpaired) electrons. The first-order valence-corrected chi connectivity index (χ1v) is 13.6. The van der Waals surface area contributed by atoms with E-state index in [1.54, 1.807) is 24.3 Å². The van der Waals surface area contributed by atoms with E-state index in [1.165, 1.54) is 12.1 Å². The molecule has 1 atom stereocenters. The maximum atomic E-state index is 13.2. The highest BCUT2D eigenvalue weighted by Gasteiger charge is 2.30. The minimum atomic E-state index is -4.45. The average molecular weight is 568 g/mol. The molecular weight excluding hydrogens is 535 g/mol. The Hall–Kier alpha value is -4.19. The number of ether oxygens (including phenoxy) is 1. The number of aromatic amines is 1. The summed E-state index contributed by atoms with van der Waals surface area (Å²) in [5.74, 6) is 1.06. The van der Waals surface area contributed by atoms with Crippen molar-refractivity contribution < 1.29 is 17.9 Å². The van der Waals surface area contributed by atoms with Crippen molar-refractivity contribution >= 4 is 22.8 Å². The summed E-state index contributed by atoms with van der Waals surface area (Å²) in [6, 6.07) is 11.6. The second-order valence-corrected chi connectivity index (χ2v) is 10.6. The van der Waals surface area contributed by atoms with Crippen LogP contribution < -0.4 is 21.3 Å². The molecule has 0 unspecified atom stereocenters. The fraction of sp³-hybridized carbons (Fsp3) is 0.379.